The molecule has 1 heterocycles. The van der Waals surface area contributed by atoms with Gasteiger partial charge >= 0.3 is 5.69 Å². The van der Waals surface area contributed by atoms with Crippen LogP contribution in [-0.4, -0.2) is 15.9 Å². The van der Waals surface area contributed by atoms with E-state index in [0.717, 1.165) is 10.2 Å². The van der Waals surface area contributed by atoms with Crippen molar-refractivity contribution >= 4 is 22.1 Å². The maximum absolute atomic E-state index is 11.4. The molecule has 0 bridgehead atoms. The van der Waals surface area contributed by atoms with Gasteiger partial charge in [-0.25, -0.2) is 4.79 Å². The predicted molar refractivity (Wildman–Crippen MR) is 68.5 cm³/mol. The molecular weight excluding hydrogens is 286 g/mol. The third-order valence-electron chi connectivity index (χ3n) is 2.01. The molecule has 1 aromatic carbocycles. The van der Waals surface area contributed by atoms with Gasteiger partial charge in [0.15, 0.2) is 0 Å². The van der Waals surface area contributed by atoms with Crippen LogP contribution >= 0.6 is 15.9 Å². The van der Waals surface area contributed by atoms with Crippen molar-refractivity contribution in [2.45, 2.75) is 0 Å². The van der Waals surface area contributed by atoms with Crippen molar-refractivity contribution in [2.24, 2.45) is 5.10 Å². The van der Waals surface area contributed by atoms with Gasteiger partial charge in [-0.05, 0) is 21.5 Å². The van der Waals surface area contributed by atoms with Crippen LogP contribution in [0.2, 0.25) is 0 Å². The molecule has 0 aliphatic carbocycles. The Balaban J connectivity index is 2.37. The Labute approximate surface area is 105 Å². The van der Waals surface area contributed by atoms with E-state index >= 15 is 0 Å². The number of rotatable bonds is 2. The molecule has 0 atom stereocenters. The van der Waals surface area contributed by atoms with Gasteiger partial charge in [-0.3, -0.25) is 9.78 Å². The lowest BCUT2D eigenvalue weighted by atomic mass is 10.2. The van der Waals surface area contributed by atoms with Gasteiger partial charge in [0.05, 0.1) is 12.4 Å². The van der Waals surface area contributed by atoms with Crippen molar-refractivity contribution in [1.82, 2.24) is 9.66 Å². The Morgan fingerprint density at radius 3 is 2.65 bits per heavy atom. The van der Waals surface area contributed by atoms with Crippen LogP contribution in [0.15, 0.2) is 55.7 Å². The summed E-state index contributed by atoms with van der Waals surface area (Å²) in [7, 11) is 0. The molecule has 0 saturated carbocycles. The summed E-state index contributed by atoms with van der Waals surface area (Å²) in [6.07, 6.45) is 2.85. The number of aromatic amines is 1. The molecule has 5 nitrogen and oxygen atoms in total. The predicted octanol–water partition coefficient (Wildman–Crippen LogP) is 1.18. The van der Waals surface area contributed by atoms with Crippen molar-refractivity contribution in [3.05, 3.63) is 67.4 Å². The minimum Gasteiger partial charge on any atom is -0.271 e. The monoisotopic (exact) mass is 293 g/mol. The van der Waals surface area contributed by atoms with Crippen LogP contribution in [0.5, 0.6) is 0 Å². The van der Waals surface area contributed by atoms with Gasteiger partial charge < -0.3 is 0 Å². The number of benzene rings is 1. The Kier molecular flexibility index (Phi) is 3.34. The van der Waals surface area contributed by atoms with Crippen LogP contribution in [0.4, 0.5) is 0 Å². The number of hydrogen-bond donors (Lipinski definition) is 1. The third-order valence-corrected chi connectivity index (χ3v) is 2.58. The van der Waals surface area contributed by atoms with Gasteiger partial charge in [0, 0.05) is 0 Å². The lowest BCUT2D eigenvalue weighted by Gasteiger charge is -1.97. The number of nitrogens with zero attached hydrogens (tertiary/aromatic N) is 2. The SMILES string of the molecule is O=c1[nH]c(=O)n(N=Cc2ccccc2)cc1Br. The number of aromatic nitrogens is 2. The molecule has 0 aliphatic rings. The fourth-order valence-corrected chi connectivity index (χ4v) is 1.49. The first-order valence-corrected chi connectivity index (χ1v) is 5.57. The van der Waals surface area contributed by atoms with Crippen LogP contribution < -0.4 is 11.2 Å². The highest BCUT2D eigenvalue weighted by atomic mass is 79.9. The highest BCUT2D eigenvalue weighted by Gasteiger charge is 1.99. The van der Waals surface area contributed by atoms with Crippen LogP contribution in [0.1, 0.15) is 5.56 Å². The summed E-state index contributed by atoms with van der Waals surface area (Å²) < 4.78 is 1.31. The largest absolute Gasteiger partial charge is 0.349 e. The van der Waals surface area contributed by atoms with E-state index in [1.165, 1.54) is 12.4 Å². The van der Waals surface area contributed by atoms with Gasteiger partial charge in [-0.1, -0.05) is 30.3 Å². The average molecular weight is 294 g/mol. The first-order chi connectivity index (χ1) is 8.16. The Morgan fingerprint density at radius 1 is 1.24 bits per heavy atom. The highest BCUT2D eigenvalue weighted by molar-refractivity contribution is 9.10. The van der Waals surface area contributed by atoms with E-state index < -0.39 is 11.2 Å². The molecule has 1 aromatic heterocycles. The molecule has 2 rings (SSSR count). The molecule has 0 saturated heterocycles. The van der Waals surface area contributed by atoms with Crippen LogP contribution in [0, 0.1) is 0 Å². The van der Waals surface area contributed by atoms with E-state index in [1.807, 2.05) is 30.3 Å². The zero-order valence-electron chi connectivity index (χ0n) is 8.63. The first-order valence-electron chi connectivity index (χ1n) is 4.78. The van der Waals surface area contributed by atoms with Gasteiger partial charge in [-0.2, -0.15) is 9.78 Å². The molecule has 0 radical (unpaired) electrons. The smallest absolute Gasteiger partial charge is 0.271 e. The molecule has 0 spiro atoms. The second-order valence-electron chi connectivity index (χ2n) is 3.24. The zero-order valence-corrected chi connectivity index (χ0v) is 10.2. The normalized spacial score (nSPS) is 10.9. The number of halogens is 1. The molecule has 0 aliphatic heterocycles. The van der Waals surface area contributed by atoms with Gasteiger partial charge in [-0.15, -0.1) is 0 Å². The summed E-state index contributed by atoms with van der Waals surface area (Å²) >= 11 is 3.03. The zero-order chi connectivity index (χ0) is 12.3. The molecule has 2 aromatic rings. The van der Waals surface area contributed by atoms with E-state index in [-0.39, 0.29) is 4.47 Å². The molecule has 17 heavy (non-hydrogen) atoms. The Morgan fingerprint density at radius 2 is 1.94 bits per heavy atom. The van der Waals surface area contributed by atoms with Gasteiger partial charge in [0.1, 0.15) is 4.47 Å². The average Bonchev–Trinajstić information content (AvgIpc) is 2.33. The number of H-pyrrole nitrogens is 1. The summed E-state index contributed by atoms with van der Waals surface area (Å²) in [5, 5.41) is 3.96. The van der Waals surface area contributed by atoms with E-state index in [9.17, 15) is 9.59 Å². The summed E-state index contributed by atoms with van der Waals surface area (Å²) in [5.74, 6) is 0. The van der Waals surface area contributed by atoms with E-state index in [2.05, 4.69) is 26.0 Å². The fraction of sp³-hybridized carbons (Fsp3) is 0. The fourth-order valence-electron chi connectivity index (χ4n) is 1.19. The van der Waals surface area contributed by atoms with Crippen molar-refractivity contribution in [3.8, 4) is 0 Å². The molecule has 0 unspecified atom stereocenters. The standard InChI is InChI=1S/C11H8BrN3O2/c12-9-7-15(11(17)14-10(9)16)13-6-8-4-2-1-3-5-8/h1-7H,(H,14,16,17). The van der Waals surface area contributed by atoms with E-state index in [0.29, 0.717) is 0 Å². The second kappa shape index (κ2) is 4.92. The quantitative estimate of drug-likeness (QED) is 0.845. The summed E-state index contributed by atoms with van der Waals surface area (Å²) in [6.45, 7) is 0. The first kappa shape index (κ1) is 11.5. The van der Waals surface area contributed by atoms with E-state index in [1.54, 1.807) is 0 Å². The van der Waals surface area contributed by atoms with Crippen molar-refractivity contribution in [1.29, 1.82) is 0 Å². The topological polar surface area (TPSA) is 67.2 Å². The summed E-state index contributed by atoms with van der Waals surface area (Å²) in [5.41, 5.74) is -0.187. The molecule has 0 fully saturated rings. The van der Waals surface area contributed by atoms with Crippen LogP contribution in [-0.2, 0) is 0 Å². The van der Waals surface area contributed by atoms with Crippen molar-refractivity contribution in [2.75, 3.05) is 0 Å². The van der Waals surface area contributed by atoms with Gasteiger partial charge in [0.25, 0.3) is 5.56 Å². The summed E-state index contributed by atoms with van der Waals surface area (Å²) in [4.78, 5) is 24.6. The molecule has 6 heteroatoms. The molecule has 1 N–H and O–H groups in total. The van der Waals surface area contributed by atoms with Crippen molar-refractivity contribution in [3.63, 3.8) is 0 Å². The lowest BCUT2D eigenvalue weighted by Crippen LogP contribution is -2.27. The second-order valence-corrected chi connectivity index (χ2v) is 4.09. The molecule has 86 valence electrons. The lowest BCUT2D eigenvalue weighted by molar-refractivity contribution is 0.772. The Bertz CT molecular complexity index is 658. The van der Waals surface area contributed by atoms with E-state index in [4.69, 9.17) is 0 Å². The van der Waals surface area contributed by atoms with Crippen LogP contribution in [0.3, 0.4) is 0 Å². The minimum atomic E-state index is -0.578. The highest BCUT2D eigenvalue weighted by Crippen LogP contribution is 1.98. The minimum absolute atomic E-state index is 0.252. The molecule has 0 amide bonds. The third kappa shape index (κ3) is 2.79. The Hall–Kier alpha value is -1.95. The summed E-state index contributed by atoms with van der Waals surface area (Å²) in [6, 6.07) is 9.34. The van der Waals surface area contributed by atoms with Gasteiger partial charge in [0.2, 0.25) is 0 Å². The van der Waals surface area contributed by atoms with Crippen molar-refractivity contribution < 1.29 is 0 Å². The maximum atomic E-state index is 11.4. The van der Waals surface area contributed by atoms with Crippen LogP contribution in [0.25, 0.3) is 0 Å². The number of nitrogens with one attached hydrogen (secondary N) is 1. The number of hydrogen-bond acceptors (Lipinski definition) is 3. The maximum Gasteiger partial charge on any atom is 0.349 e. The molecular formula is C11H8BrN3O2.